The Bertz CT molecular complexity index is 955. The fourth-order valence-electron chi connectivity index (χ4n) is 3.25. The molecule has 8 heteroatoms. The van der Waals surface area contributed by atoms with Crippen molar-refractivity contribution in [2.45, 2.75) is 31.2 Å². The monoisotopic (exact) mass is 388 g/mol. The molecule has 0 spiro atoms. The van der Waals surface area contributed by atoms with Crippen molar-refractivity contribution in [3.63, 3.8) is 0 Å². The Kier molecular flexibility index (Phi) is 4.52. The maximum Gasteiger partial charge on any atom is 0.270 e. The van der Waals surface area contributed by atoms with Crippen molar-refractivity contribution in [1.29, 1.82) is 5.26 Å². The highest BCUT2D eigenvalue weighted by atomic mass is 32.1. The first-order chi connectivity index (χ1) is 12.6. The van der Waals surface area contributed by atoms with Crippen LogP contribution in [0.4, 0.5) is 8.78 Å². The number of amides is 1. The second-order valence-corrected chi connectivity index (χ2v) is 7.68. The SMILES string of the molecule is CN1C(=O)[C@H](c2ccc(C(C)(F)F)cc2)[C@@](C)(c2csc(C#N)c2)N=C1N. The average molecular weight is 388 g/mol. The van der Waals surface area contributed by atoms with Crippen LogP contribution in [-0.4, -0.2) is 23.8 Å². The van der Waals surface area contributed by atoms with Gasteiger partial charge < -0.3 is 5.73 Å². The van der Waals surface area contributed by atoms with Crippen molar-refractivity contribution < 1.29 is 13.6 Å². The normalized spacial score (nSPS) is 23.1. The summed E-state index contributed by atoms with van der Waals surface area (Å²) >= 11 is 1.25. The molecule has 0 fully saturated rings. The summed E-state index contributed by atoms with van der Waals surface area (Å²) in [5.74, 6) is -3.94. The third-order valence-corrected chi connectivity index (χ3v) is 5.71. The van der Waals surface area contributed by atoms with Gasteiger partial charge in [0.25, 0.3) is 5.92 Å². The first-order valence-electron chi connectivity index (χ1n) is 8.18. The maximum atomic E-state index is 13.5. The number of rotatable bonds is 3. The maximum absolute atomic E-state index is 13.5. The number of hydrogen-bond acceptors (Lipinski definition) is 5. The van der Waals surface area contributed by atoms with Crippen LogP contribution in [0, 0.1) is 11.3 Å². The van der Waals surface area contributed by atoms with Crippen LogP contribution in [-0.2, 0) is 16.3 Å². The third kappa shape index (κ3) is 3.19. The van der Waals surface area contributed by atoms with E-state index in [1.54, 1.807) is 18.4 Å². The van der Waals surface area contributed by atoms with E-state index in [4.69, 9.17) is 11.0 Å². The van der Waals surface area contributed by atoms with Crippen molar-refractivity contribution in [3.05, 3.63) is 57.3 Å². The van der Waals surface area contributed by atoms with Crippen LogP contribution in [0.2, 0.25) is 0 Å². The van der Waals surface area contributed by atoms with E-state index in [1.807, 2.05) is 0 Å². The Morgan fingerprint density at radius 2 is 2.00 bits per heavy atom. The number of likely N-dealkylation sites (N-methyl/N-ethyl adjacent to an activating group) is 1. The van der Waals surface area contributed by atoms with Gasteiger partial charge in [0.05, 0.1) is 5.92 Å². The number of nitriles is 1. The van der Waals surface area contributed by atoms with Crippen LogP contribution < -0.4 is 5.73 Å². The Balaban J connectivity index is 2.15. The summed E-state index contributed by atoms with van der Waals surface area (Å²) in [4.78, 5) is 19.3. The lowest BCUT2D eigenvalue weighted by Gasteiger charge is -2.40. The summed E-state index contributed by atoms with van der Waals surface area (Å²) in [6, 6.07) is 9.44. The summed E-state index contributed by atoms with van der Waals surface area (Å²) in [7, 11) is 1.52. The number of carbonyl (C=O) groups is 1. The van der Waals surface area contributed by atoms with Gasteiger partial charge >= 0.3 is 0 Å². The van der Waals surface area contributed by atoms with Crippen molar-refractivity contribution in [1.82, 2.24) is 4.90 Å². The molecule has 1 aliphatic heterocycles. The van der Waals surface area contributed by atoms with Crippen molar-refractivity contribution in [3.8, 4) is 6.07 Å². The molecule has 1 aliphatic rings. The highest BCUT2D eigenvalue weighted by molar-refractivity contribution is 7.10. The Labute approximate surface area is 159 Å². The first kappa shape index (κ1) is 19.0. The molecule has 2 heterocycles. The third-order valence-electron chi connectivity index (χ3n) is 4.88. The zero-order valence-electron chi connectivity index (χ0n) is 15.0. The predicted octanol–water partition coefficient (Wildman–Crippen LogP) is 3.52. The van der Waals surface area contributed by atoms with Gasteiger partial charge in [0.2, 0.25) is 5.91 Å². The van der Waals surface area contributed by atoms with E-state index in [1.165, 1.54) is 47.5 Å². The molecule has 27 heavy (non-hydrogen) atoms. The smallest absolute Gasteiger partial charge is 0.270 e. The topological polar surface area (TPSA) is 82.5 Å². The van der Waals surface area contributed by atoms with Gasteiger partial charge in [0.15, 0.2) is 5.96 Å². The molecule has 2 aromatic rings. The molecule has 0 unspecified atom stereocenters. The van der Waals surface area contributed by atoms with Gasteiger partial charge in [-0.3, -0.25) is 9.69 Å². The standard InChI is InChI=1S/C19H18F2N4OS/c1-18(13-8-14(9-22)27-10-13)15(16(26)25(3)17(23)24-18)11-4-6-12(7-5-11)19(2,20)21/h4-8,10,15H,1-3H3,(H2,23,24)/t15-,18+/m0/s1. The molecule has 140 valence electrons. The van der Waals surface area contributed by atoms with Crippen LogP contribution in [0.15, 0.2) is 40.7 Å². The Morgan fingerprint density at radius 1 is 1.37 bits per heavy atom. The number of nitrogens with two attached hydrogens (primary N) is 1. The molecule has 1 aromatic heterocycles. The van der Waals surface area contributed by atoms with Crippen LogP contribution in [0.5, 0.6) is 0 Å². The molecule has 2 N–H and O–H groups in total. The van der Waals surface area contributed by atoms with E-state index < -0.39 is 17.4 Å². The van der Waals surface area contributed by atoms with E-state index in [2.05, 4.69) is 11.1 Å². The van der Waals surface area contributed by atoms with E-state index in [0.717, 1.165) is 6.92 Å². The van der Waals surface area contributed by atoms with E-state index in [0.29, 0.717) is 16.0 Å². The highest BCUT2D eigenvalue weighted by Gasteiger charge is 2.47. The van der Waals surface area contributed by atoms with E-state index in [9.17, 15) is 13.6 Å². The van der Waals surface area contributed by atoms with Gasteiger partial charge in [-0.15, -0.1) is 11.3 Å². The van der Waals surface area contributed by atoms with E-state index in [-0.39, 0.29) is 17.4 Å². The summed E-state index contributed by atoms with van der Waals surface area (Å²) in [5, 5.41) is 10.9. The molecular formula is C19H18F2N4OS. The number of halogens is 2. The lowest BCUT2D eigenvalue weighted by molar-refractivity contribution is -0.130. The molecule has 3 rings (SSSR count). The summed E-state index contributed by atoms with van der Waals surface area (Å²) in [5.41, 5.74) is 6.00. The molecule has 1 amide bonds. The minimum absolute atomic E-state index is 0.0696. The number of thiophene rings is 1. The summed E-state index contributed by atoms with van der Waals surface area (Å²) < 4.78 is 27.1. The number of guanidine groups is 1. The van der Waals surface area contributed by atoms with Crippen LogP contribution in [0.1, 0.15) is 41.3 Å². The van der Waals surface area contributed by atoms with Crippen molar-refractivity contribution in [2.75, 3.05) is 7.05 Å². The summed E-state index contributed by atoms with van der Waals surface area (Å²) in [6.45, 7) is 2.59. The number of carbonyl (C=O) groups excluding carboxylic acids is 1. The molecule has 0 aliphatic carbocycles. The molecular weight excluding hydrogens is 370 g/mol. The fraction of sp³-hybridized carbons (Fsp3) is 0.316. The Hall–Kier alpha value is -2.79. The molecule has 0 saturated carbocycles. The first-order valence-corrected chi connectivity index (χ1v) is 9.06. The lowest BCUT2D eigenvalue weighted by Crippen LogP contribution is -2.52. The van der Waals surface area contributed by atoms with Gasteiger partial charge in [-0.05, 0) is 29.5 Å². The largest absolute Gasteiger partial charge is 0.369 e. The molecule has 5 nitrogen and oxygen atoms in total. The second-order valence-electron chi connectivity index (χ2n) is 6.77. The number of nitrogens with zero attached hydrogens (tertiary/aromatic N) is 3. The zero-order valence-corrected chi connectivity index (χ0v) is 15.8. The van der Waals surface area contributed by atoms with Gasteiger partial charge in [-0.2, -0.15) is 5.26 Å². The molecule has 0 bridgehead atoms. The van der Waals surface area contributed by atoms with Gasteiger partial charge in [0.1, 0.15) is 16.5 Å². The van der Waals surface area contributed by atoms with Crippen molar-refractivity contribution in [2.24, 2.45) is 10.7 Å². The van der Waals surface area contributed by atoms with Crippen LogP contribution in [0.25, 0.3) is 0 Å². The molecule has 2 atom stereocenters. The molecule has 0 radical (unpaired) electrons. The number of benzene rings is 1. The number of hydrogen-bond donors (Lipinski definition) is 1. The van der Waals surface area contributed by atoms with Gasteiger partial charge in [-0.1, -0.05) is 24.3 Å². The number of alkyl halides is 2. The van der Waals surface area contributed by atoms with Gasteiger partial charge in [-0.25, -0.2) is 13.8 Å². The second kappa shape index (κ2) is 6.43. The molecule has 1 aromatic carbocycles. The highest BCUT2D eigenvalue weighted by Crippen LogP contribution is 2.45. The van der Waals surface area contributed by atoms with Crippen LogP contribution >= 0.6 is 11.3 Å². The van der Waals surface area contributed by atoms with Gasteiger partial charge in [0, 0.05) is 19.5 Å². The predicted molar refractivity (Wildman–Crippen MR) is 99.5 cm³/mol. The Morgan fingerprint density at radius 3 is 2.52 bits per heavy atom. The molecule has 0 saturated heterocycles. The minimum atomic E-state index is -2.97. The minimum Gasteiger partial charge on any atom is -0.369 e. The lowest BCUT2D eigenvalue weighted by atomic mass is 9.75. The quantitative estimate of drug-likeness (QED) is 0.873. The number of aliphatic imine (C=N–C) groups is 1. The fourth-order valence-corrected chi connectivity index (χ4v) is 4.06. The van der Waals surface area contributed by atoms with Crippen LogP contribution in [0.3, 0.4) is 0 Å². The van der Waals surface area contributed by atoms with E-state index >= 15 is 0 Å². The zero-order chi connectivity index (χ0) is 20.0. The average Bonchev–Trinajstić information content (AvgIpc) is 3.09. The summed E-state index contributed by atoms with van der Waals surface area (Å²) in [6.07, 6.45) is 0. The van der Waals surface area contributed by atoms with Crippen molar-refractivity contribution >= 4 is 23.2 Å².